The summed E-state index contributed by atoms with van der Waals surface area (Å²) in [6.45, 7) is 1.94. The van der Waals surface area contributed by atoms with E-state index in [-0.39, 0.29) is 29.5 Å². The maximum Gasteiger partial charge on any atom is 0.288 e. The maximum absolute atomic E-state index is 12.5. The molecule has 1 aliphatic heterocycles. The first kappa shape index (κ1) is 17.1. The number of carbonyl (C=O) groups is 2. The SMILES string of the molecule is NC(=O)c1cc([N+](=O)[O-])cnc1N1CCN(CC2CCCC2)C(=O)C1. The molecule has 1 saturated carbocycles. The lowest BCUT2D eigenvalue weighted by atomic mass is 10.1. The molecular weight excluding hydrogens is 326 g/mol. The number of aromatic nitrogens is 1. The van der Waals surface area contributed by atoms with Crippen molar-refractivity contribution in [3.8, 4) is 0 Å². The van der Waals surface area contributed by atoms with Crippen LogP contribution in [0.15, 0.2) is 12.3 Å². The smallest absolute Gasteiger partial charge is 0.288 e. The molecule has 0 atom stereocenters. The number of anilines is 1. The van der Waals surface area contributed by atoms with E-state index in [0.717, 1.165) is 18.8 Å². The molecule has 9 nitrogen and oxygen atoms in total. The zero-order chi connectivity index (χ0) is 18.0. The molecule has 2 fully saturated rings. The van der Waals surface area contributed by atoms with Crippen LogP contribution < -0.4 is 10.6 Å². The molecule has 0 radical (unpaired) electrons. The Morgan fingerprint density at radius 3 is 2.68 bits per heavy atom. The van der Waals surface area contributed by atoms with E-state index in [4.69, 9.17) is 5.73 Å². The van der Waals surface area contributed by atoms with Gasteiger partial charge >= 0.3 is 0 Å². The molecule has 3 rings (SSSR count). The highest BCUT2D eigenvalue weighted by Gasteiger charge is 2.30. The summed E-state index contributed by atoms with van der Waals surface area (Å²) in [6.07, 6.45) is 5.88. The van der Waals surface area contributed by atoms with Gasteiger partial charge in [-0.1, -0.05) is 12.8 Å². The Hall–Kier alpha value is -2.71. The lowest BCUT2D eigenvalue weighted by molar-refractivity contribution is -0.385. The number of carbonyl (C=O) groups excluding carboxylic acids is 2. The van der Waals surface area contributed by atoms with E-state index in [1.807, 2.05) is 4.90 Å². The number of rotatable bonds is 5. The number of piperazine rings is 1. The molecule has 2 amide bonds. The van der Waals surface area contributed by atoms with Gasteiger partial charge in [0, 0.05) is 25.7 Å². The van der Waals surface area contributed by atoms with Crippen LogP contribution in [0, 0.1) is 16.0 Å². The summed E-state index contributed by atoms with van der Waals surface area (Å²) in [5.74, 6) is -0.0121. The standard InChI is InChI=1S/C16H21N5O4/c17-15(23)13-7-12(21(24)25)8-18-16(13)20-6-5-19(14(22)10-20)9-11-3-1-2-4-11/h7-8,11H,1-6,9-10H2,(H2,17,23). The monoisotopic (exact) mass is 347 g/mol. The number of nitrogens with zero attached hydrogens (tertiary/aromatic N) is 4. The van der Waals surface area contributed by atoms with Crippen molar-refractivity contribution in [3.63, 3.8) is 0 Å². The molecule has 9 heteroatoms. The highest BCUT2D eigenvalue weighted by Crippen LogP contribution is 2.27. The Morgan fingerprint density at radius 2 is 2.08 bits per heavy atom. The molecule has 2 aliphatic rings. The van der Waals surface area contributed by atoms with E-state index in [1.54, 1.807) is 4.90 Å². The van der Waals surface area contributed by atoms with Crippen molar-refractivity contribution >= 4 is 23.3 Å². The highest BCUT2D eigenvalue weighted by molar-refractivity contribution is 5.99. The van der Waals surface area contributed by atoms with Gasteiger partial charge in [0.2, 0.25) is 5.91 Å². The summed E-state index contributed by atoms with van der Waals surface area (Å²) < 4.78 is 0. The summed E-state index contributed by atoms with van der Waals surface area (Å²) >= 11 is 0. The number of hydrogen-bond acceptors (Lipinski definition) is 6. The zero-order valence-corrected chi connectivity index (χ0v) is 13.9. The van der Waals surface area contributed by atoms with Gasteiger partial charge in [-0.25, -0.2) is 4.98 Å². The largest absolute Gasteiger partial charge is 0.365 e. The number of primary amides is 1. The molecule has 0 spiro atoms. The Bertz CT molecular complexity index is 702. The Morgan fingerprint density at radius 1 is 1.36 bits per heavy atom. The van der Waals surface area contributed by atoms with Crippen molar-refractivity contribution in [1.82, 2.24) is 9.88 Å². The highest BCUT2D eigenvalue weighted by atomic mass is 16.6. The summed E-state index contributed by atoms with van der Waals surface area (Å²) in [5, 5.41) is 10.9. The number of nitrogens with two attached hydrogens (primary N) is 1. The van der Waals surface area contributed by atoms with E-state index >= 15 is 0 Å². The molecule has 1 aromatic heterocycles. The van der Waals surface area contributed by atoms with Crippen LogP contribution in [0.1, 0.15) is 36.0 Å². The molecule has 2 heterocycles. The molecule has 1 saturated heterocycles. The van der Waals surface area contributed by atoms with Crippen LogP contribution in [0.4, 0.5) is 11.5 Å². The average Bonchev–Trinajstić information content (AvgIpc) is 3.09. The van der Waals surface area contributed by atoms with Gasteiger partial charge in [0.05, 0.1) is 17.0 Å². The minimum Gasteiger partial charge on any atom is -0.365 e. The number of amides is 2. The first-order valence-electron chi connectivity index (χ1n) is 8.42. The summed E-state index contributed by atoms with van der Waals surface area (Å²) in [7, 11) is 0. The average molecular weight is 347 g/mol. The van der Waals surface area contributed by atoms with Crippen LogP contribution in [0.25, 0.3) is 0 Å². The van der Waals surface area contributed by atoms with Gasteiger partial charge in [0.15, 0.2) is 0 Å². The molecule has 1 aliphatic carbocycles. The van der Waals surface area contributed by atoms with Crippen molar-refractivity contribution < 1.29 is 14.5 Å². The van der Waals surface area contributed by atoms with E-state index in [2.05, 4.69) is 4.98 Å². The fourth-order valence-electron chi connectivity index (χ4n) is 3.57. The van der Waals surface area contributed by atoms with Crippen LogP contribution in [0.5, 0.6) is 0 Å². The summed E-state index contributed by atoms with van der Waals surface area (Å²) in [4.78, 5) is 41.9. The second-order valence-electron chi connectivity index (χ2n) is 6.60. The fourth-order valence-corrected chi connectivity index (χ4v) is 3.57. The van der Waals surface area contributed by atoms with Gasteiger partial charge in [-0.2, -0.15) is 0 Å². The van der Waals surface area contributed by atoms with Gasteiger partial charge in [0.1, 0.15) is 12.0 Å². The third-order valence-electron chi connectivity index (χ3n) is 4.90. The van der Waals surface area contributed by atoms with Gasteiger partial charge in [-0.3, -0.25) is 19.7 Å². The number of hydrogen-bond donors (Lipinski definition) is 1. The Labute approximate surface area is 144 Å². The topological polar surface area (TPSA) is 123 Å². The summed E-state index contributed by atoms with van der Waals surface area (Å²) in [6, 6.07) is 1.11. The predicted molar refractivity (Wildman–Crippen MR) is 90.2 cm³/mol. The number of nitro groups is 1. The fraction of sp³-hybridized carbons (Fsp3) is 0.562. The van der Waals surface area contributed by atoms with Crippen molar-refractivity contribution in [2.45, 2.75) is 25.7 Å². The van der Waals surface area contributed by atoms with Crippen molar-refractivity contribution in [2.75, 3.05) is 31.1 Å². The third kappa shape index (κ3) is 3.70. The molecule has 1 aromatic rings. The molecule has 25 heavy (non-hydrogen) atoms. The van der Waals surface area contributed by atoms with Crippen LogP contribution in [-0.4, -0.2) is 52.8 Å². The van der Waals surface area contributed by atoms with E-state index in [9.17, 15) is 19.7 Å². The van der Waals surface area contributed by atoms with E-state index < -0.39 is 10.8 Å². The van der Waals surface area contributed by atoms with Crippen LogP contribution >= 0.6 is 0 Å². The molecule has 0 aromatic carbocycles. The van der Waals surface area contributed by atoms with E-state index in [1.165, 1.54) is 25.7 Å². The normalized spacial score (nSPS) is 18.6. The van der Waals surface area contributed by atoms with E-state index in [0.29, 0.717) is 19.0 Å². The lowest BCUT2D eigenvalue weighted by Gasteiger charge is -2.36. The second kappa shape index (κ2) is 7.04. The van der Waals surface area contributed by atoms with Gasteiger partial charge in [-0.05, 0) is 18.8 Å². The molecule has 0 bridgehead atoms. The predicted octanol–water partition coefficient (Wildman–Crippen LogP) is 0.927. The van der Waals surface area contributed by atoms with Gasteiger partial charge in [-0.15, -0.1) is 0 Å². The summed E-state index contributed by atoms with van der Waals surface area (Å²) in [5.41, 5.74) is 5.00. The van der Waals surface area contributed by atoms with Crippen LogP contribution in [-0.2, 0) is 4.79 Å². The maximum atomic E-state index is 12.5. The van der Waals surface area contributed by atoms with Crippen molar-refractivity contribution in [1.29, 1.82) is 0 Å². The molecule has 2 N–H and O–H groups in total. The van der Waals surface area contributed by atoms with Gasteiger partial charge in [0.25, 0.3) is 11.6 Å². The quantitative estimate of drug-likeness (QED) is 0.624. The van der Waals surface area contributed by atoms with Crippen LogP contribution in [0.3, 0.4) is 0 Å². The van der Waals surface area contributed by atoms with Crippen molar-refractivity contribution in [2.24, 2.45) is 11.7 Å². The minimum atomic E-state index is -0.799. The first-order chi connectivity index (χ1) is 12.0. The Kier molecular flexibility index (Phi) is 4.82. The first-order valence-corrected chi connectivity index (χ1v) is 8.42. The third-order valence-corrected chi connectivity index (χ3v) is 4.90. The molecule has 0 unspecified atom stereocenters. The zero-order valence-electron chi connectivity index (χ0n) is 13.9. The lowest BCUT2D eigenvalue weighted by Crippen LogP contribution is -2.52. The van der Waals surface area contributed by atoms with Crippen LogP contribution in [0.2, 0.25) is 0 Å². The Balaban J connectivity index is 1.74. The molecular formula is C16H21N5O4. The van der Waals surface area contributed by atoms with Crippen molar-refractivity contribution in [3.05, 3.63) is 27.9 Å². The second-order valence-corrected chi connectivity index (χ2v) is 6.60. The molecule has 134 valence electrons. The van der Waals surface area contributed by atoms with Gasteiger partial charge < -0.3 is 15.5 Å². The number of pyridine rings is 1. The minimum absolute atomic E-state index is 0.0197.